The van der Waals surface area contributed by atoms with Gasteiger partial charge in [-0.3, -0.25) is 15.0 Å². The molecule has 1 unspecified atom stereocenters. The van der Waals surface area contributed by atoms with Crippen molar-refractivity contribution in [3.8, 4) is 0 Å². The number of hydrogen-bond donors (Lipinski definition) is 3. The van der Waals surface area contributed by atoms with E-state index in [0.29, 0.717) is 39.7 Å². The van der Waals surface area contributed by atoms with Crippen molar-refractivity contribution in [2.45, 2.75) is 31.5 Å². The van der Waals surface area contributed by atoms with Crippen LogP contribution in [-0.4, -0.2) is 46.8 Å². The molecule has 3 fully saturated rings. The molecule has 3 amide bonds. The molecule has 0 radical (unpaired) electrons. The Morgan fingerprint density at radius 1 is 1.00 bits per heavy atom. The fraction of sp³-hybridized carbons (Fsp3) is 0.375. The van der Waals surface area contributed by atoms with Crippen LogP contribution in [0.4, 0.5) is 10.5 Å². The lowest BCUT2D eigenvalue weighted by atomic mass is 10.0. The zero-order valence-corrected chi connectivity index (χ0v) is 21.5. The van der Waals surface area contributed by atoms with Crippen molar-refractivity contribution in [1.29, 1.82) is 0 Å². The number of carbonyl (C=O) groups is 3. The number of benzene rings is 2. The molecule has 0 aromatic heterocycles. The lowest BCUT2D eigenvalue weighted by Crippen LogP contribution is -2.50. The van der Waals surface area contributed by atoms with Crippen molar-refractivity contribution >= 4 is 55.3 Å². The molecule has 0 bridgehead atoms. The fourth-order valence-electron chi connectivity index (χ4n) is 4.89. The number of nitrogens with one attached hydrogen (secondary N) is 2. The number of piperidine rings is 1. The zero-order chi connectivity index (χ0) is 24.0. The number of likely N-dealkylation sites (tertiary alicyclic amines) is 1. The minimum Gasteiger partial charge on any atom is -0.397 e. The minimum absolute atomic E-state index is 0.0220. The Hall–Kier alpha value is -2.43. The number of urea groups is 1. The van der Waals surface area contributed by atoms with E-state index < -0.39 is 0 Å². The van der Waals surface area contributed by atoms with Gasteiger partial charge in [0.15, 0.2) is 5.78 Å². The molecular weight excluding hydrogens is 566 g/mol. The maximum absolute atomic E-state index is 13.1. The van der Waals surface area contributed by atoms with Gasteiger partial charge in [0, 0.05) is 45.5 Å². The third-order valence-electron chi connectivity index (χ3n) is 6.87. The molecule has 34 heavy (non-hydrogen) atoms. The molecule has 10 heteroatoms. The molecule has 1 aliphatic carbocycles. The molecule has 178 valence electrons. The van der Waals surface area contributed by atoms with Crippen LogP contribution < -0.4 is 16.5 Å². The number of anilines is 1. The number of halogens is 2. The molecule has 4 N–H and O–H groups in total. The van der Waals surface area contributed by atoms with Gasteiger partial charge < -0.3 is 16.0 Å². The summed E-state index contributed by atoms with van der Waals surface area (Å²) in [5.74, 6) is -0.513. The van der Waals surface area contributed by atoms with Gasteiger partial charge in [-0.15, -0.1) is 0 Å². The van der Waals surface area contributed by atoms with E-state index in [9.17, 15) is 14.4 Å². The Balaban J connectivity index is 1.18. The highest BCUT2D eigenvalue weighted by Crippen LogP contribution is 2.44. The molecule has 8 nitrogen and oxygen atoms in total. The minimum atomic E-state index is -0.280. The van der Waals surface area contributed by atoms with E-state index >= 15 is 0 Å². The number of hydrogen-bond acceptors (Lipinski definition) is 5. The van der Waals surface area contributed by atoms with Crippen molar-refractivity contribution in [3.63, 3.8) is 0 Å². The van der Waals surface area contributed by atoms with E-state index in [1.807, 2.05) is 40.2 Å². The standard InChI is InChI=1S/C24H25Br2N5O3/c25-18-10-14(11-19(26)20(18)27)21(32)16-12-17(16)23(33)30-8-6-15(7-9-30)31-22(28-24(34)29-31)13-4-2-1-3-5-13/h1-5,10-11,15-17,22H,6-9,12,27H2,(H2,28,29,34)/t16-,17-,22?/m1/s1. The van der Waals surface area contributed by atoms with Gasteiger partial charge in [0.2, 0.25) is 5.91 Å². The molecule has 1 saturated carbocycles. The van der Waals surface area contributed by atoms with Crippen LogP contribution >= 0.6 is 31.9 Å². The van der Waals surface area contributed by atoms with Gasteiger partial charge in [-0.2, -0.15) is 5.01 Å². The number of nitrogens with zero attached hydrogens (tertiary/aromatic N) is 2. The van der Waals surface area contributed by atoms with Gasteiger partial charge in [-0.05, 0) is 68.8 Å². The van der Waals surface area contributed by atoms with E-state index in [4.69, 9.17) is 5.73 Å². The lowest BCUT2D eigenvalue weighted by Gasteiger charge is -2.38. The number of nitrogen functional groups attached to an aromatic ring is 1. The number of carbonyl (C=O) groups excluding carboxylic acids is 3. The van der Waals surface area contributed by atoms with Crippen LogP contribution in [0.25, 0.3) is 0 Å². The van der Waals surface area contributed by atoms with E-state index in [1.165, 1.54) is 0 Å². The van der Waals surface area contributed by atoms with Crippen LogP contribution in [-0.2, 0) is 4.79 Å². The van der Waals surface area contributed by atoms with Gasteiger partial charge in [-0.25, -0.2) is 4.79 Å². The second-order valence-corrected chi connectivity index (χ2v) is 10.7. The van der Waals surface area contributed by atoms with Gasteiger partial charge in [-0.1, -0.05) is 30.3 Å². The first-order valence-electron chi connectivity index (χ1n) is 11.3. The van der Waals surface area contributed by atoms with Gasteiger partial charge >= 0.3 is 6.03 Å². The first-order valence-corrected chi connectivity index (χ1v) is 12.9. The summed E-state index contributed by atoms with van der Waals surface area (Å²) in [4.78, 5) is 40.0. The average molecular weight is 591 g/mol. The van der Waals surface area contributed by atoms with Crippen molar-refractivity contribution < 1.29 is 14.4 Å². The van der Waals surface area contributed by atoms with Crippen molar-refractivity contribution in [1.82, 2.24) is 20.7 Å². The summed E-state index contributed by atoms with van der Waals surface area (Å²) in [6, 6.07) is 13.2. The van der Waals surface area contributed by atoms with Crippen LogP contribution in [0.1, 0.15) is 41.3 Å². The van der Waals surface area contributed by atoms with Crippen molar-refractivity contribution in [2.24, 2.45) is 11.8 Å². The summed E-state index contributed by atoms with van der Waals surface area (Å²) in [6.07, 6.45) is 1.85. The highest BCUT2D eigenvalue weighted by Gasteiger charge is 2.50. The van der Waals surface area contributed by atoms with Gasteiger partial charge in [0.1, 0.15) is 6.17 Å². The Bertz CT molecular complexity index is 1110. The summed E-state index contributed by atoms with van der Waals surface area (Å²) >= 11 is 6.76. The highest BCUT2D eigenvalue weighted by atomic mass is 79.9. The largest absolute Gasteiger partial charge is 0.397 e. The number of amides is 3. The first kappa shape index (κ1) is 23.3. The Kier molecular flexibility index (Phi) is 6.39. The molecule has 3 aliphatic rings. The smallest absolute Gasteiger partial charge is 0.330 e. The topological polar surface area (TPSA) is 108 Å². The molecule has 2 heterocycles. The van der Waals surface area contributed by atoms with Crippen molar-refractivity contribution in [3.05, 3.63) is 62.5 Å². The molecule has 3 atom stereocenters. The third kappa shape index (κ3) is 4.46. The summed E-state index contributed by atoms with van der Waals surface area (Å²) in [7, 11) is 0. The van der Waals surface area contributed by atoms with Crippen LogP contribution in [0.5, 0.6) is 0 Å². The Morgan fingerprint density at radius 2 is 1.65 bits per heavy atom. The fourth-order valence-corrected chi connectivity index (χ4v) is 6.07. The molecule has 2 aromatic rings. The predicted octanol–water partition coefficient (Wildman–Crippen LogP) is 3.83. The molecule has 2 saturated heterocycles. The van der Waals surface area contributed by atoms with Gasteiger partial charge in [0.05, 0.1) is 5.69 Å². The number of rotatable bonds is 5. The van der Waals surface area contributed by atoms with Crippen LogP contribution in [0, 0.1) is 11.8 Å². The lowest BCUT2D eigenvalue weighted by molar-refractivity contribution is -0.134. The number of nitrogens with two attached hydrogens (primary N) is 1. The summed E-state index contributed by atoms with van der Waals surface area (Å²) in [5.41, 5.74) is 11.0. The van der Waals surface area contributed by atoms with Gasteiger partial charge in [0.25, 0.3) is 0 Å². The highest BCUT2D eigenvalue weighted by molar-refractivity contribution is 9.11. The maximum Gasteiger partial charge on any atom is 0.330 e. The predicted molar refractivity (Wildman–Crippen MR) is 134 cm³/mol. The molecule has 2 aliphatic heterocycles. The molecular formula is C24H25Br2N5O3. The van der Waals surface area contributed by atoms with E-state index in [-0.39, 0.29) is 41.8 Å². The van der Waals surface area contributed by atoms with E-state index in [1.54, 1.807) is 12.1 Å². The number of Topliss-reactive ketones (excluding diaryl/α,β-unsaturated/α-hetero) is 1. The summed E-state index contributed by atoms with van der Waals surface area (Å²) in [5, 5.41) is 4.94. The van der Waals surface area contributed by atoms with E-state index in [2.05, 4.69) is 42.6 Å². The Labute approximate surface area is 214 Å². The molecule has 2 aromatic carbocycles. The quantitative estimate of drug-likeness (QED) is 0.362. The Morgan fingerprint density at radius 3 is 2.29 bits per heavy atom. The monoisotopic (exact) mass is 589 g/mol. The molecule has 0 spiro atoms. The van der Waals surface area contributed by atoms with Crippen molar-refractivity contribution in [2.75, 3.05) is 18.8 Å². The second kappa shape index (κ2) is 9.31. The normalized spacial score (nSPS) is 25.1. The van der Waals surface area contributed by atoms with E-state index in [0.717, 1.165) is 18.4 Å². The third-order valence-corrected chi connectivity index (χ3v) is 8.18. The zero-order valence-electron chi connectivity index (χ0n) is 18.3. The maximum atomic E-state index is 13.1. The summed E-state index contributed by atoms with van der Waals surface area (Å²) < 4.78 is 1.32. The van der Waals surface area contributed by atoms with Crippen LogP contribution in [0.15, 0.2) is 51.4 Å². The SMILES string of the molecule is Nc1c(Br)cc(C(=O)[C@@H]2C[C@H]2C(=O)N2CCC(N3NC(=O)NC3c3ccccc3)CC2)cc1Br. The summed E-state index contributed by atoms with van der Waals surface area (Å²) in [6.45, 7) is 1.21. The first-order chi connectivity index (χ1) is 16.3. The molecule has 5 rings (SSSR count). The number of ketones is 1. The number of hydrazine groups is 1. The van der Waals surface area contributed by atoms with Crippen LogP contribution in [0.2, 0.25) is 0 Å². The second-order valence-electron chi connectivity index (χ2n) is 9.03. The average Bonchev–Trinajstić information content (AvgIpc) is 3.56. The van der Waals surface area contributed by atoms with Crippen LogP contribution in [0.3, 0.4) is 0 Å².